The lowest BCUT2D eigenvalue weighted by atomic mass is 9.90. The summed E-state index contributed by atoms with van der Waals surface area (Å²) in [4.78, 5) is 32.9. The molecule has 0 saturated carbocycles. The van der Waals surface area contributed by atoms with Crippen LogP contribution >= 0.6 is 0 Å². The minimum absolute atomic E-state index is 0.0307. The number of carbonyl (C=O) groups is 2. The molecule has 238 valence electrons. The number of hydrogen-bond donors (Lipinski definition) is 2. The van der Waals surface area contributed by atoms with Crippen LogP contribution in [0.5, 0.6) is 5.75 Å². The molecule has 8 nitrogen and oxygen atoms in total. The molecule has 2 aliphatic heterocycles. The van der Waals surface area contributed by atoms with Gasteiger partial charge in [0.05, 0.1) is 12.7 Å². The Hall–Kier alpha value is -4.76. The van der Waals surface area contributed by atoms with Crippen molar-refractivity contribution < 1.29 is 18.7 Å². The lowest BCUT2D eigenvalue weighted by molar-refractivity contribution is -0.119. The molecule has 2 N–H and O–H groups in total. The Kier molecular flexibility index (Phi) is 8.77. The molecule has 1 aromatic heterocycles. The van der Waals surface area contributed by atoms with Gasteiger partial charge >= 0.3 is 0 Å². The predicted octanol–water partition coefficient (Wildman–Crippen LogP) is 6.26. The van der Waals surface area contributed by atoms with Gasteiger partial charge in [-0.05, 0) is 96.9 Å². The molecule has 46 heavy (non-hydrogen) atoms. The third-order valence-corrected chi connectivity index (χ3v) is 9.26. The summed E-state index contributed by atoms with van der Waals surface area (Å²) >= 11 is 0. The number of fused-ring (bicyclic) bond motifs is 1. The molecule has 1 atom stereocenters. The SMILES string of the molecule is COc1cc(-c2cccc(-c3cccc(Nc4nccc5c4C(=O)N(C)CC5)c3C)c2C)cc(F)c1CN(C)C[C@@H]1CCC(=O)N1. The number of amides is 2. The first-order valence-corrected chi connectivity index (χ1v) is 15.7. The first-order chi connectivity index (χ1) is 22.1. The number of ether oxygens (including phenoxy) is 1. The summed E-state index contributed by atoms with van der Waals surface area (Å²) in [7, 11) is 5.31. The van der Waals surface area contributed by atoms with Crippen molar-refractivity contribution in [1.82, 2.24) is 20.1 Å². The van der Waals surface area contributed by atoms with Crippen molar-refractivity contribution in [2.75, 3.05) is 39.6 Å². The topological polar surface area (TPSA) is 86.8 Å². The Balaban J connectivity index is 1.30. The van der Waals surface area contributed by atoms with E-state index >= 15 is 4.39 Å². The Bertz CT molecular complexity index is 1820. The van der Waals surface area contributed by atoms with Crippen LogP contribution in [0, 0.1) is 19.7 Å². The molecule has 3 aromatic carbocycles. The van der Waals surface area contributed by atoms with Gasteiger partial charge in [0.2, 0.25) is 5.91 Å². The van der Waals surface area contributed by atoms with Crippen LogP contribution < -0.4 is 15.4 Å². The van der Waals surface area contributed by atoms with Gasteiger partial charge < -0.3 is 20.3 Å². The van der Waals surface area contributed by atoms with Crippen molar-refractivity contribution in [3.05, 3.63) is 94.4 Å². The monoisotopic (exact) mass is 621 g/mol. The number of pyridine rings is 1. The number of benzene rings is 3. The average molecular weight is 622 g/mol. The number of nitrogens with zero attached hydrogens (tertiary/aromatic N) is 3. The van der Waals surface area contributed by atoms with Crippen LogP contribution in [0.4, 0.5) is 15.9 Å². The van der Waals surface area contributed by atoms with Crippen LogP contribution in [0.2, 0.25) is 0 Å². The van der Waals surface area contributed by atoms with E-state index in [2.05, 4.69) is 41.6 Å². The summed E-state index contributed by atoms with van der Waals surface area (Å²) in [6.45, 7) is 5.80. The van der Waals surface area contributed by atoms with Crippen molar-refractivity contribution in [2.24, 2.45) is 0 Å². The minimum Gasteiger partial charge on any atom is -0.496 e. The molecule has 1 fully saturated rings. The van der Waals surface area contributed by atoms with Crippen molar-refractivity contribution in [2.45, 2.75) is 45.7 Å². The first-order valence-electron chi connectivity index (χ1n) is 15.7. The molecular formula is C37H40FN5O3. The van der Waals surface area contributed by atoms with Crippen molar-refractivity contribution in [3.8, 4) is 28.0 Å². The predicted molar refractivity (Wildman–Crippen MR) is 179 cm³/mol. The van der Waals surface area contributed by atoms with Gasteiger partial charge in [0, 0.05) is 56.6 Å². The molecule has 1 saturated heterocycles. The molecule has 0 aliphatic carbocycles. The van der Waals surface area contributed by atoms with E-state index in [1.165, 1.54) is 0 Å². The van der Waals surface area contributed by atoms with Crippen LogP contribution in [0.3, 0.4) is 0 Å². The first kappa shape index (κ1) is 31.2. The second kappa shape index (κ2) is 12.9. The zero-order valence-corrected chi connectivity index (χ0v) is 27.0. The molecule has 2 amide bonds. The van der Waals surface area contributed by atoms with Crippen LogP contribution in [0.15, 0.2) is 60.8 Å². The van der Waals surface area contributed by atoms with Gasteiger partial charge in [-0.1, -0.05) is 30.3 Å². The smallest absolute Gasteiger partial charge is 0.257 e. The number of nitrogens with one attached hydrogen (secondary N) is 2. The average Bonchev–Trinajstić information content (AvgIpc) is 3.45. The number of methoxy groups -OCH3 is 1. The normalized spacial score (nSPS) is 16.1. The summed E-state index contributed by atoms with van der Waals surface area (Å²) in [5, 5.41) is 6.42. The van der Waals surface area contributed by atoms with Gasteiger partial charge in [-0.2, -0.15) is 0 Å². The number of carbonyl (C=O) groups excluding carboxylic acids is 2. The van der Waals surface area contributed by atoms with E-state index in [0.717, 1.165) is 57.5 Å². The van der Waals surface area contributed by atoms with E-state index in [4.69, 9.17) is 4.74 Å². The summed E-state index contributed by atoms with van der Waals surface area (Å²) in [6.07, 6.45) is 3.87. The van der Waals surface area contributed by atoms with Gasteiger partial charge in [-0.25, -0.2) is 9.37 Å². The van der Waals surface area contributed by atoms with Crippen molar-refractivity contribution in [3.63, 3.8) is 0 Å². The Labute approximate surface area is 269 Å². The maximum Gasteiger partial charge on any atom is 0.257 e. The zero-order valence-electron chi connectivity index (χ0n) is 27.0. The summed E-state index contributed by atoms with van der Waals surface area (Å²) in [5.74, 6) is 0.752. The molecule has 0 bridgehead atoms. The zero-order chi connectivity index (χ0) is 32.5. The number of halogens is 1. The largest absolute Gasteiger partial charge is 0.496 e. The van der Waals surface area contributed by atoms with Gasteiger partial charge in [-0.3, -0.25) is 14.5 Å². The molecular weight excluding hydrogens is 581 g/mol. The molecule has 4 aromatic rings. The summed E-state index contributed by atoms with van der Waals surface area (Å²) < 4.78 is 21.5. The van der Waals surface area contributed by atoms with Crippen LogP contribution in [-0.4, -0.2) is 66.9 Å². The standard InChI is InChI=1S/C37H40FN5O3/c1-22-27(25-18-31(38)30(33(19-25)46-5)21-42(3)20-26-12-13-34(44)40-26)8-6-9-28(22)29-10-7-11-32(23(29)2)41-36-35-24(14-16-39-36)15-17-43(4)37(35)45/h6-11,14,16,18-19,26H,12-13,15,17,20-21H2,1-5H3,(H,39,41)(H,40,44)/t26-/m0/s1. The van der Waals surface area contributed by atoms with E-state index in [9.17, 15) is 9.59 Å². The molecule has 0 radical (unpaired) electrons. The second-order valence-corrected chi connectivity index (χ2v) is 12.4. The van der Waals surface area contributed by atoms with E-state index in [-0.39, 0.29) is 23.7 Å². The molecule has 9 heteroatoms. The van der Waals surface area contributed by atoms with E-state index in [0.29, 0.717) is 48.7 Å². The highest BCUT2D eigenvalue weighted by Crippen LogP contribution is 2.39. The maximum atomic E-state index is 15.8. The van der Waals surface area contributed by atoms with Crippen LogP contribution in [-0.2, 0) is 17.8 Å². The maximum absolute atomic E-state index is 15.8. The van der Waals surface area contributed by atoms with E-state index in [1.54, 1.807) is 24.3 Å². The summed E-state index contributed by atoms with van der Waals surface area (Å²) in [5.41, 5.74) is 8.70. The fourth-order valence-electron chi connectivity index (χ4n) is 6.68. The molecule has 3 heterocycles. The van der Waals surface area contributed by atoms with Gasteiger partial charge in [0.25, 0.3) is 5.91 Å². The van der Waals surface area contributed by atoms with Crippen LogP contribution in [0.1, 0.15) is 45.5 Å². The number of hydrogen-bond acceptors (Lipinski definition) is 6. The van der Waals surface area contributed by atoms with E-state index < -0.39 is 0 Å². The number of aromatic nitrogens is 1. The molecule has 6 rings (SSSR count). The third kappa shape index (κ3) is 6.07. The van der Waals surface area contributed by atoms with Crippen LogP contribution in [0.25, 0.3) is 22.3 Å². The highest BCUT2D eigenvalue weighted by atomic mass is 19.1. The third-order valence-electron chi connectivity index (χ3n) is 9.26. The number of likely N-dealkylation sites (N-methyl/N-ethyl adjacent to an activating group) is 2. The number of rotatable bonds is 9. The van der Waals surface area contributed by atoms with E-state index in [1.807, 2.05) is 55.4 Å². The summed E-state index contributed by atoms with van der Waals surface area (Å²) in [6, 6.07) is 17.6. The fourth-order valence-corrected chi connectivity index (χ4v) is 6.68. The molecule has 0 unspecified atom stereocenters. The Morgan fingerprint density at radius 3 is 2.52 bits per heavy atom. The highest BCUT2D eigenvalue weighted by Gasteiger charge is 2.26. The van der Waals surface area contributed by atoms with Crippen molar-refractivity contribution >= 4 is 23.3 Å². The van der Waals surface area contributed by atoms with Gasteiger partial charge in [0.15, 0.2) is 0 Å². The number of anilines is 2. The lowest BCUT2D eigenvalue weighted by Gasteiger charge is -2.26. The van der Waals surface area contributed by atoms with Gasteiger partial charge in [0.1, 0.15) is 17.4 Å². The molecule has 0 spiro atoms. The van der Waals surface area contributed by atoms with Crippen molar-refractivity contribution in [1.29, 1.82) is 0 Å². The lowest BCUT2D eigenvalue weighted by Crippen LogP contribution is -2.36. The van der Waals surface area contributed by atoms with Gasteiger partial charge in [-0.15, -0.1) is 0 Å². The highest BCUT2D eigenvalue weighted by molar-refractivity contribution is 6.01. The fraction of sp³-hybridized carbons (Fsp3) is 0.324. The second-order valence-electron chi connectivity index (χ2n) is 12.4. The Morgan fingerprint density at radius 1 is 1.04 bits per heavy atom. The minimum atomic E-state index is -0.331. The Morgan fingerprint density at radius 2 is 1.78 bits per heavy atom. The molecule has 2 aliphatic rings. The quantitative estimate of drug-likeness (QED) is 0.229.